The molecule has 0 atom stereocenters. The second kappa shape index (κ2) is 14.2. The van der Waals surface area contributed by atoms with Gasteiger partial charge in [-0.15, -0.1) is 0 Å². The standard InChI is InChI=1S/C23H30O6/c1-4-6-8-10-16-28-22(25)20(23(26)29-17-11-9-7-5-2)21(24)18-12-14-19(27-3)15-13-18/h6-9,12-15,20H,4-5,10-11,16-17H2,1-3H3. The van der Waals surface area contributed by atoms with Crippen LogP contribution in [0.5, 0.6) is 5.75 Å². The van der Waals surface area contributed by atoms with Crippen LogP contribution >= 0.6 is 0 Å². The minimum absolute atomic E-state index is 0.0915. The summed E-state index contributed by atoms with van der Waals surface area (Å²) in [5.74, 6) is -3.53. The van der Waals surface area contributed by atoms with Crippen molar-refractivity contribution in [3.05, 3.63) is 54.1 Å². The summed E-state index contributed by atoms with van der Waals surface area (Å²) in [6.07, 6.45) is 10.5. The van der Waals surface area contributed by atoms with E-state index < -0.39 is 23.6 Å². The number of esters is 2. The number of Topliss-reactive ketones (excluding diaryl/α,β-unsaturated/α-hetero) is 1. The first-order valence-electron chi connectivity index (χ1n) is 9.86. The highest BCUT2D eigenvalue weighted by Crippen LogP contribution is 2.17. The smallest absolute Gasteiger partial charge is 0.328 e. The number of hydrogen-bond acceptors (Lipinski definition) is 6. The summed E-state index contributed by atoms with van der Waals surface area (Å²) in [5, 5.41) is 0. The van der Waals surface area contributed by atoms with Crippen molar-refractivity contribution < 1.29 is 28.6 Å². The Morgan fingerprint density at radius 1 is 0.828 bits per heavy atom. The summed E-state index contributed by atoms with van der Waals surface area (Å²) >= 11 is 0. The molecule has 0 heterocycles. The first kappa shape index (κ1) is 24.1. The van der Waals surface area contributed by atoms with E-state index >= 15 is 0 Å². The molecular weight excluding hydrogens is 372 g/mol. The fourth-order valence-corrected chi connectivity index (χ4v) is 2.42. The maximum absolute atomic E-state index is 12.8. The maximum atomic E-state index is 12.8. The Bertz CT molecular complexity index is 671. The maximum Gasteiger partial charge on any atom is 0.328 e. The molecule has 29 heavy (non-hydrogen) atoms. The Kier molecular flexibility index (Phi) is 11.8. The van der Waals surface area contributed by atoms with Gasteiger partial charge in [-0.1, -0.05) is 38.2 Å². The lowest BCUT2D eigenvalue weighted by Crippen LogP contribution is -2.35. The van der Waals surface area contributed by atoms with E-state index in [1.54, 1.807) is 12.1 Å². The predicted molar refractivity (Wildman–Crippen MR) is 111 cm³/mol. The molecule has 0 saturated carbocycles. The summed E-state index contributed by atoms with van der Waals surface area (Å²) in [6.45, 7) is 4.18. The van der Waals surface area contributed by atoms with E-state index in [9.17, 15) is 14.4 Å². The molecule has 0 saturated heterocycles. The average molecular weight is 402 g/mol. The van der Waals surface area contributed by atoms with Gasteiger partial charge in [-0.3, -0.25) is 14.4 Å². The lowest BCUT2D eigenvalue weighted by Gasteiger charge is -2.14. The number of benzene rings is 1. The molecule has 0 spiro atoms. The van der Waals surface area contributed by atoms with Crippen LogP contribution in [0.15, 0.2) is 48.6 Å². The van der Waals surface area contributed by atoms with Crippen LogP contribution in [-0.4, -0.2) is 38.0 Å². The van der Waals surface area contributed by atoms with Crippen molar-refractivity contribution in [1.82, 2.24) is 0 Å². The summed E-state index contributed by atoms with van der Waals surface area (Å²) < 4.78 is 15.4. The SMILES string of the molecule is CCC=CCCOC(=O)C(C(=O)OCCC=CCC)C(=O)c1ccc(OC)cc1. The van der Waals surface area contributed by atoms with Gasteiger partial charge in [-0.25, -0.2) is 0 Å². The van der Waals surface area contributed by atoms with Crippen molar-refractivity contribution in [2.24, 2.45) is 5.92 Å². The molecule has 1 rings (SSSR count). The molecule has 0 bridgehead atoms. The zero-order valence-corrected chi connectivity index (χ0v) is 17.4. The Morgan fingerprint density at radius 3 is 1.72 bits per heavy atom. The van der Waals surface area contributed by atoms with Crippen LogP contribution in [0.3, 0.4) is 0 Å². The first-order chi connectivity index (χ1) is 14.0. The molecule has 0 aliphatic carbocycles. The van der Waals surface area contributed by atoms with E-state index in [1.807, 2.05) is 38.2 Å². The van der Waals surface area contributed by atoms with E-state index in [-0.39, 0.29) is 18.8 Å². The Balaban J connectivity index is 2.86. The van der Waals surface area contributed by atoms with Gasteiger partial charge in [0.05, 0.1) is 20.3 Å². The van der Waals surface area contributed by atoms with Crippen molar-refractivity contribution in [2.45, 2.75) is 39.5 Å². The van der Waals surface area contributed by atoms with E-state index in [1.165, 1.54) is 19.2 Å². The lowest BCUT2D eigenvalue weighted by molar-refractivity contribution is -0.159. The molecule has 0 fully saturated rings. The van der Waals surface area contributed by atoms with Crippen molar-refractivity contribution in [3.8, 4) is 5.75 Å². The van der Waals surface area contributed by atoms with Gasteiger partial charge in [0.1, 0.15) is 5.75 Å². The number of ketones is 1. The van der Waals surface area contributed by atoms with E-state index in [4.69, 9.17) is 14.2 Å². The van der Waals surface area contributed by atoms with Crippen LogP contribution < -0.4 is 4.74 Å². The monoisotopic (exact) mass is 402 g/mol. The van der Waals surface area contributed by atoms with Gasteiger partial charge in [0.2, 0.25) is 5.92 Å². The predicted octanol–water partition coefficient (Wildman–Crippen LogP) is 4.29. The number of carbonyl (C=O) groups is 3. The molecule has 1 aromatic rings. The molecule has 0 N–H and O–H groups in total. The van der Waals surface area contributed by atoms with Crippen LogP contribution in [0.1, 0.15) is 49.9 Å². The van der Waals surface area contributed by atoms with Gasteiger partial charge in [0.15, 0.2) is 5.78 Å². The van der Waals surface area contributed by atoms with Crippen molar-refractivity contribution in [2.75, 3.05) is 20.3 Å². The van der Waals surface area contributed by atoms with Crippen LogP contribution in [0.25, 0.3) is 0 Å². The lowest BCUT2D eigenvalue weighted by atomic mass is 9.97. The first-order valence-corrected chi connectivity index (χ1v) is 9.86. The Labute approximate surface area is 172 Å². The van der Waals surface area contributed by atoms with Crippen LogP contribution in [0, 0.1) is 5.92 Å². The molecule has 0 aliphatic rings. The summed E-state index contributed by atoms with van der Waals surface area (Å²) in [6, 6.07) is 6.18. The number of allylic oxidation sites excluding steroid dienone is 2. The van der Waals surface area contributed by atoms with Crippen LogP contribution in [-0.2, 0) is 19.1 Å². The van der Waals surface area contributed by atoms with Crippen LogP contribution in [0.4, 0.5) is 0 Å². The molecule has 1 aromatic carbocycles. The third kappa shape index (κ3) is 8.77. The van der Waals surface area contributed by atoms with Crippen molar-refractivity contribution in [3.63, 3.8) is 0 Å². The molecule has 0 radical (unpaired) electrons. The zero-order valence-electron chi connectivity index (χ0n) is 17.4. The van der Waals surface area contributed by atoms with E-state index in [0.717, 1.165) is 12.8 Å². The second-order valence-electron chi connectivity index (χ2n) is 6.20. The fraction of sp³-hybridized carbons (Fsp3) is 0.435. The minimum atomic E-state index is -1.64. The van der Waals surface area contributed by atoms with Gasteiger partial charge in [0.25, 0.3) is 0 Å². The quantitative estimate of drug-likeness (QED) is 0.161. The van der Waals surface area contributed by atoms with Gasteiger partial charge in [0, 0.05) is 5.56 Å². The second-order valence-corrected chi connectivity index (χ2v) is 6.20. The Hall–Kier alpha value is -2.89. The largest absolute Gasteiger partial charge is 0.497 e. The molecule has 6 nitrogen and oxygen atoms in total. The highest BCUT2D eigenvalue weighted by Gasteiger charge is 2.37. The fourth-order valence-electron chi connectivity index (χ4n) is 2.42. The minimum Gasteiger partial charge on any atom is -0.497 e. The normalized spacial score (nSPS) is 12.1. The highest BCUT2D eigenvalue weighted by atomic mass is 16.6. The number of ether oxygens (including phenoxy) is 3. The molecule has 0 unspecified atom stereocenters. The third-order valence-corrected chi connectivity index (χ3v) is 3.97. The third-order valence-electron chi connectivity index (χ3n) is 3.97. The topological polar surface area (TPSA) is 78.9 Å². The van der Waals surface area contributed by atoms with Gasteiger partial charge in [-0.05, 0) is 49.9 Å². The van der Waals surface area contributed by atoms with Gasteiger partial charge >= 0.3 is 11.9 Å². The van der Waals surface area contributed by atoms with Gasteiger partial charge < -0.3 is 14.2 Å². The average Bonchev–Trinajstić information content (AvgIpc) is 2.73. The summed E-state index contributed by atoms with van der Waals surface area (Å²) in [4.78, 5) is 37.8. The van der Waals surface area contributed by atoms with Crippen LogP contribution in [0.2, 0.25) is 0 Å². The molecular formula is C23H30O6. The summed E-state index contributed by atoms with van der Waals surface area (Å²) in [7, 11) is 1.51. The number of rotatable bonds is 13. The van der Waals surface area contributed by atoms with E-state index in [2.05, 4.69) is 0 Å². The van der Waals surface area contributed by atoms with Crippen molar-refractivity contribution in [1.29, 1.82) is 0 Å². The molecule has 0 aromatic heterocycles. The molecule has 6 heteroatoms. The van der Waals surface area contributed by atoms with Gasteiger partial charge in [-0.2, -0.15) is 0 Å². The number of methoxy groups -OCH3 is 1. The molecule has 0 aliphatic heterocycles. The molecule has 0 amide bonds. The zero-order chi connectivity index (χ0) is 21.5. The summed E-state index contributed by atoms with van der Waals surface area (Å²) in [5.41, 5.74) is 0.210. The number of carbonyl (C=O) groups excluding carboxylic acids is 3. The van der Waals surface area contributed by atoms with Crippen molar-refractivity contribution >= 4 is 17.7 Å². The number of hydrogen-bond donors (Lipinski definition) is 0. The Morgan fingerprint density at radius 2 is 1.31 bits per heavy atom. The highest BCUT2D eigenvalue weighted by molar-refractivity contribution is 6.20. The van der Waals surface area contributed by atoms with E-state index in [0.29, 0.717) is 18.6 Å². The molecule has 158 valence electrons.